The second kappa shape index (κ2) is 9.60. The van der Waals surface area contributed by atoms with E-state index in [9.17, 15) is 9.36 Å². The van der Waals surface area contributed by atoms with Gasteiger partial charge in [-0.05, 0) is 25.2 Å². The van der Waals surface area contributed by atoms with E-state index in [1.807, 2.05) is 0 Å². The van der Waals surface area contributed by atoms with E-state index in [1.165, 1.54) is 19.3 Å². The number of hydrogen-bond donors (Lipinski definition) is 3. The van der Waals surface area contributed by atoms with Gasteiger partial charge in [0, 0.05) is 12.5 Å². The predicted molar refractivity (Wildman–Crippen MR) is 84.2 cm³/mol. The molecule has 0 heterocycles. The third kappa shape index (κ3) is 8.60. The van der Waals surface area contributed by atoms with Gasteiger partial charge in [0.2, 0.25) is 5.91 Å². The van der Waals surface area contributed by atoms with Crippen molar-refractivity contribution in [3.05, 3.63) is 0 Å². The van der Waals surface area contributed by atoms with E-state index in [0.717, 1.165) is 38.5 Å². The number of nitrogens with one attached hydrogen (secondary N) is 1. The molecule has 0 aliphatic heterocycles. The van der Waals surface area contributed by atoms with Crippen LogP contribution >= 0.6 is 7.60 Å². The summed E-state index contributed by atoms with van der Waals surface area (Å²) < 4.78 is 11.2. The summed E-state index contributed by atoms with van der Waals surface area (Å²) in [5, 5.41) is 3.00. The summed E-state index contributed by atoms with van der Waals surface area (Å²) in [6.07, 6.45) is 9.66. The highest BCUT2D eigenvalue weighted by molar-refractivity contribution is 7.51. The SMILES string of the molecule is CCCCCCCC(=O)N[C@H]1CCCC[C@H]1CP(=O)(O)O. The van der Waals surface area contributed by atoms with Crippen molar-refractivity contribution in [3.63, 3.8) is 0 Å². The second-order valence-electron chi connectivity index (χ2n) is 6.23. The van der Waals surface area contributed by atoms with Gasteiger partial charge >= 0.3 is 7.60 Å². The van der Waals surface area contributed by atoms with E-state index < -0.39 is 7.60 Å². The molecule has 0 bridgehead atoms. The number of unbranched alkanes of at least 4 members (excludes halogenated alkanes) is 4. The van der Waals surface area contributed by atoms with Gasteiger partial charge in [-0.1, -0.05) is 45.4 Å². The van der Waals surface area contributed by atoms with Crippen LogP contribution in [0.1, 0.15) is 71.1 Å². The maximum atomic E-state index is 11.9. The molecule has 0 aromatic carbocycles. The van der Waals surface area contributed by atoms with Crippen LogP contribution in [0.25, 0.3) is 0 Å². The lowest BCUT2D eigenvalue weighted by atomic mass is 9.85. The van der Waals surface area contributed by atoms with Gasteiger partial charge in [0.25, 0.3) is 0 Å². The van der Waals surface area contributed by atoms with Crippen LogP contribution in [0.3, 0.4) is 0 Å². The lowest BCUT2D eigenvalue weighted by Crippen LogP contribution is -2.43. The van der Waals surface area contributed by atoms with Crippen molar-refractivity contribution in [1.29, 1.82) is 0 Å². The largest absolute Gasteiger partial charge is 0.353 e. The van der Waals surface area contributed by atoms with Crippen LogP contribution in [-0.4, -0.2) is 27.9 Å². The van der Waals surface area contributed by atoms with Gasteiger partial charge < -0.3 is 15.1 Å². The fourth-order valence-electron chi connectivity index (χ4n) is 3.09. The summed E-state index contributed by atoms with van der Waals surface area (Å²) in [5.74, 6) is -0.0438. The van der Waals surface area contributed by atoms with Gasteiger partial charge in [-0.3, -0.25) is 9.36 Å². The van der Waals surface area contributed by atoms with E-state index in [-0.39, 0.29) is 24.0 Å². The van der Waals surface area contributed by atoms with Crippen LogP contribution in [-0.2, 0) is 9.36 Å². The van der Waals surface area contributed by atoms with Crippen LogP contribution < -0.4 is 5.32 Å². The van der Waals surface area contributed by atoms with Crippen molar-refractivity contribution < 1.29 is 19.1 Å². The van der Waals surface area contributed by atoms with Gasteiger partial charge in [0.1, 0.15) is 0 Å². The zero-order valence-corrected chi connectivity index (χ0v) is 14.0. The molecule has 1 fully saturated rings. The molecule has 21 heavy (non-hydrogen) atoms. The molecule has 0 saturated heterocycles. The first-order valence-corrected chi connectivity index (χ1v) is 10.1. The minimum absolute atomic E-state index is 0.0362. The highest BCUT2D eigenvalue weighted by atomic mass is 31.2. The van der Waals surface area contributed by atoms with Crippen LogP contribution in [0.5, 0.6) is 0 Å². The molecule has 6 heteroatoms. The zero-order valence-electron chi connectivity index (χ0n) is 13.1. The quantitative estimate of drug-likeness (QED) is 0.450. The maximum absolute atomic E-state index is 11.9. The zero-order chi connectivity index (χ0) is 15.7. The summed E-state index contributed by atoms with van der Waals surface area (Å²) >= 11 is 0. The van der Waals surface area contributed by atoms with Gasteiger partial charge in [-0.2, -0.15) is 0 Å². The van der Waals surface area contributed by atoms with Crippen LogP contribution in [0, 0.1) is 5.92 Å². The smallest absolute Gasteiger partial charge is 0.325 e. The fourth-order valence-corrected chi connectivity index (χ4v) is 4.14. The third-order valence-corrected chi connectivity index (χ3v) is 5.18. The summed E-state index contributed by atoms with van der Waals surface area (Å²) in [7, 11) is -4.00. The Labute approximate surface area is 128 Å². The monoisotopic (exact) mass is 319 g/mol. The van der Waals surface area contributed by atoms with E-state index >= 15 is 0 Å². The molecule has 0 spiro atoms. The first-order chi connectivity index (χ1) is 9.92. The Hall–Kier alpha value is -0.380. The van der Waals surface area contributed by atoms with E-state index in [2.05, 4.69) is 12.2 Å². The molecule has 1 amide bonds. The molecule has 1 saturated carbocycles. The number of carbonyl (C=O) groups excluding carboxylic acids is 1. The molecule has 2 atom stereocenters. The topological polar surface area (TPSA) is 86.6 Å². The average Bonchev–Trinajstić information content (AvgIpc) is 2.39. The highest BCUT2D eigenvalue weighted by Crippen LogP contribution is 2.41. The lowest BCUT2D eigenvalue weighted by Gasteiger charge is -2.32. The molecule has 3 N–H and O–H groups in total. The minimum Gasteiger partial charge on any atom is -0.353 e. The second-order valence-corrected chi connectivity index (χ2v) is 7.92. The van der Waals surface area contributed by atoms with Crippen molar-refractivity contribution in [2.45, 2.75) is 77.2 Å². The summed E-state index contributed by atoms with van der Waals surface area (Å²) in [5.41, 5.74) is 0. The van der Waals surface area contributed by atoms with Crippen LogP contribution in [0.15, 0.2) is 0 Å². The molecule has 1 aliphatic carbocycles. The van der Waals surface area contributed by atoms with Crippen LogP contribution in [0.2, 0.25) is 0 Å². The molecule has 0 aromatic heterocycles. The minimum atomic E-state index is -4.00. The number of carbonyl (C=O) groups is 1. The van der Waals surface area contributed by atoms with Crippen molar-refractivity contribution >= 4 is 13.5 Å². The Kier molecular flexibility index (Phi) is 8.53. The Morgan fingerprint density at radius 2 is 1.81 bits per heavy atom. The first-order valence-electron chi connectivity index (χ1n) is 8.26. The molecule has 0 unspecified atom stereocenters. The predicted octanol–water partition coefficient (Wildman–Crippen LogP) is 3.20. The average molecular weight is 319 g/mol. The molecule has 124 valence electrons. The Morgan fingerprint density at radius 1 is 1.14 bits per heavy atom. The van der Waals surface area contributed by atoms with Crippen molar-refractivity contribution in [1.82, 2.24) is 5.32 Å². The molecule has 5 nitrogen and oxygen atoms in total. The van der Waals surface area contributed by atoms with Gasteiger partial charge in [0.15, 0.2) is 0 Å². The van der Waals surface area contributed by atoms with Gasteiger partial charge in [-0.25, -0.2) is 0 Å². The van der Waals surface area contributed by atoms with E-state index in [0.29, 0.717) is 6.42 Å². The van der Waals surface area contributed by atoms with E-state index in [1.54, 1.807) is 0 Å². The fraction of sp³-hybridized carbons (Fsp3) is 0.933. The molecule has 0 aromatic rings. The summed E-state index contributed by atoms with van der Waals surface area (Å²) in [6.45, 7) is 2.16. The van der Waals surface area contributed by atoms with Crippen molar-refractivity contribution in [2.75, 3.05) is 6.16 Å². The Morgan fingerprint density at radius 3 is 2.48 bits per heavy atom. The molecule has 1 rings (SSSR count). The van der Waals surface area contributed by atoms with Crippen molar-refractivity contribution in [3.8, 4) is 0 Å². The molecule has 1 aliphatic rings. The Balaban J connectivity index is 2.32. The lowest BCUT2D eigenvalue weighted by molar-refractivity contribution is -0.122. The normalized spacial score (nSPS) is 23.0. The maximum Gasteiger partial charge on any atom is 0.325 e. The highest BCUT2D eigenvalue weighted by Gasteiger charge is 2.31. The number of hydrogen-bond acceptors (Lipinski definition) is 2. The Bertz CT molecular complexity index is 356. The molecule has 0 radical (unpaired) electrons. The van der Waals surface area contributed by atoms with Crippen molar-refractivity contribution in [2.24, 2.45) is 5.92 Å². The standard InChI is InChI=1S/C15H30NO4P/c1-2-3-4-5-6-11-15(17)16-14-10-8-7-9-13(14)12-21(18,19)20/h13-14H,2-12H2,1H3,(H,16,17)(H2,18,19,20)/t13-,14-/m0/s1. The third-order valence-electron chi connectivity index (χ3n) is 4.24. The summed E-state index contributed by atoms with van der Waals surface area (Å²) in [4.78, 5) is 30.2. The summed E-state index contributed by atoms with van der Waals surface area (Å²) in [6, 6.07) is -0.0606. The number of rotatable bonds is 9. The first kappa shape index (κ1) is 18.7. The van der Waals surface area contributed by atoms with E-state index in [4.69, 9.17) is 9.79 Å². The van der Waals surface area contributed by atoms with Crippen LogP contribution in [0.4, 0.5) is 0 Å². The molecular formula is C15H30NO4P. The number of amides is 1. The van der Waals surface area contributed by atoms with Gasteiger partial charge in [0.05, 0.1) is 6.16 Å². The van der Waals surface area contributed by atoms with Gasteiger partial charge in [-0.15, -0.1) is 0 Å². The molecular weight excluding hydrogens is 289 g/mol.